The Bertz CT molecular complexity index is 2850. The number of nitrogens with zero attached hydrogens (tertiary/aromatic N) is 5. The Morgan fingerprint density at radius 3 is 2.04 bits per heavy atom. The zero-order valence-electron chi connectivity index (χ0n) is 26.4. The topological polar surface area (TPSA) is 57.2 Å². The largest absolute Gasteiger partial charge is 2.00 e. The average molecular weight is 823 g/mol. The van der Waals surface area contributed by atoms with Crippen LogP contribution in [0.25, 0.3) is 77.6 Å². The molecule has 0 amide bonds. The predicted molar refractivity (Wildman–Crippen MR) is 195 cm³/mol. The van der Waals surface area contributed by atoms with Gasteiger partial charge < -0.3 is 13.7 Å². The molecular weight excluding hydrogens is 798 g/mol. The Balaban J connectivity index is 0.00000336. The van der Waals surface area contributed by atoms with Crippen molar-refractivity contribution in [3.05, 3.63) is 164 Å². The molecule has 10 aromatic rings. The smallest absolute Gasteiger partial charge is 0.503 e. The molecule has 238 valence electrons. The van der Waals surface area contributed by atoms with Crippen molar-refractivity contribution in [1.82, 2.24) is 23.9 Å². The zero-order valence-corrected chi connectivity index (χ0v) is 28.7. The number of fused-ring (bicyclic) bond motifs is 9. The Labute approximate surface area is 301 Å². The summed E-state index contributed by atoms with van der Waals surface area (Å²) in [6.07, 6.45) is 3.72. The summed E-state index contributed by atoms with van der Waals surface area (Å²) < 4.78 is 10.8. The second kappa shape index (κ2) is 12.1. The minimum Gasteiger partial charge on any atom is -0.503 e. The molecule has 5 aromatic heterocycles. The molecule has 5 aromatic carbocycles. The fourth-order valence-corrected chi connectivity index (χ4v) is 6.86. The van der Waals surface area contributed by atoms with Gasteiger partial charge in [-0.15, -0.1) is 29.7 Å². The Morgan fingerprint density at radius 1 is 0.540 bits per heavy atom. The number of aromatic nitrogens is 5. The first-order chi connectivity index (χ1) is 24.3. The van der Waals surface area contributed by atoms with Crippen molar-refractivity contribution in [1.29, 1.82) is 0 Å². The first kappa shape index (κ1) is 30.0. The molecule has 0 fully saturated rings. The van der Waals surface area contributed by atoms with E-state index in [1.807, 2.05) is 85.2 Å². The molecule has 0 unspecified atom stereocenters. The van der Waals surface area contributed by atoms with Crippen molar-refractivity contribution in [2.24, 2.45) is 0 Å². The van der Waals surface area contributed by atoms with Crippen molar-refractivity contribution in [2.75, 3.05) is 0 Å². The van der Waals surface area contributed by atoms with Gasteiger partial charge in [0.1, 0.15) is 11.5 Å². The molecule has 6 nitrogen and oxygen atoms in total. The fourth-order valence-electron chi connectivity index (χ4n) is 6.86. The molecule has 0 spiro atoms. The van der Waals surface area contributed by atoms with Gasteiger partial charge in [0.2, 0.25) is 0 Å². The molecule has 0 bridgehead atoms. The summed E-state index contributed by atoms with van der Waals surface area (Å²) >= 11 is 0. The van der Waals surface area contributed by atoms with Crippen LogP contribution in [0.5, 0.6) is 11.5 Å². The van der Waals surface area contributed by atoms with Crippen LogP contribution < -0.4 is 4.74 Å². The maximum Gasteiger partial charge on any atom is 2.00 e. The van der Waals surface area contributed by atoms with E-state index in [0.717, 1.165) is 77.6 Å². The summed E-state index contributed by atoms with van der Waals surface area (Å²) in [6.45, 7) is 0. The molecule has 0 N–H and O–H groups in total. The number of benzene rings is 5. The molecule has 50 heavy (non-hydrogen) atoms. The van der Waals surface area contributed by atoms with E-state index < -0.39 is 0 Å². The molecule has 0 saturated carbocycles. The number of rotatable bonds is 5. The van der Waals surface area contributed by atoms with Crippen molar-refractivity contribution in [3.63, 3.8) is 0 Å². The molecule has 0 atom stereocenters. The van der Waals surface area contributed by atoms with Gasteiger partial charge in [-0.05, 0) is 40.6 Å². The molecular formula is C43H25N5OPt. The second-order valence-corrected chi connectivity index (χ2v) is 11.9. The molecule has 7 heteroatoms. The second-order valence-electron chi connectivity index (χ2n) is 11.9. The standard InChI is InChI=1S/C43H25N5O.Pt/c1-3-11-28(12-4-1)37-23-22-35-32-20-18-30(25-36(32)42-45-27-40(48(42)43(35)46-37)29-13-5-2-6-14-29)49-31-19-21-34-33-15-7-8-16-38(33)47(39(34)26-31)41-17-9-10-24-44-41;/h1-24,27H;/q-2;+2. The molecule has 0 radical (unpaired) electrons. The van der Waals surface area contributed by atoms with Crippen LogP contribution in [0, 0.1) is 12.1 Å². The first-order valence-electron chi connectivity index (χ1n) is 16.1. The molecule has 0 aliphatic carbocycles. The van der Waals surface area contributed by atoms with E-state index in [1.165, 1.54) is 0 Å². The van der Waals surface area contributed by atoms with E-state index in [9.17, 15) is 0 Å². The van der Waals surface area contributed by atoms with Crippen molar-refractivity contribution in [2.45, 2.75) is 0 Å². The fraction of sp³-hybridized carbons (Fsp3) is 0. The number of hydrogen-bond donors (Lipinski definition) is 0. The third-order valence-corrected chi connectivity index (χ3v) is 9.08. The van der Waals surface area contributed by atoms with Gasteiger partial charge in [-0.2, -0.15) is 6.07 Å². The van der Waals surface area contributed by atoms with Gasteiger partial charge in [-0.1, -0.05) is 113 Å². The summed E-state index contributed by atoms with van der Waals surface area (Å²) in [5, 5.41) is 5.08. The third kappa shape index (κ3) is 4.79. The number of imidazole rings is 1. The first-order valence-corrected chi connectivity index (χ1v) is 16.1. The Morgan fingerprint density at radius 2 is 1.24 bits per heavy atom. The Hall–Kier alpha value is -6.10. The average Bonchev–Trinajstić information content (AvgIpc) is 3.76. The molecule has 0 aliphatic heterocycles. The summed E-state index contributed by atoms with van der Waals surface area (Å²) in [4.78, 5) is 14.8. The van der Waals surface area contributed by atoms with E-state index in [2.05, 4.69) is 92.8 Å². The van der Waals surface area contributed by atoms with E-state index in [4.69, 9.17) is 14.7 Å². The Kier molecular flexibility index (Phi) is 7.26. The predicted octanol–water partition coefficient (Wildman–Crippen LogP) is 10.3. The van der Waals surface area contributed by atoms with E-state index in [1.54, 1.807) is 0 Å². The summed E-state index contributed by atoms with van der Waals surface area (Å²) in [7, 11) is 0. The van der Waals surface area contributed by atoms with Gasteiger partial charge in [-0.25, -0.2) is 9.97 Å². The van der Waals surface area contributed by atoms with Gasteiger partial charge in [0.05, 0.1) is 17.0 Å². The quantitative estimate of drug-likeness (QED) is 0.128. The van der Waals surface area contributed by atoms with Crippen LogP contribution >= 0.6 is 0 Å². The minimum absolute atomic E-state index is 0. The van der Waals surface area contributed by atoms with Gasteiger partial charge in [-0.3, -0.25) is 4.98 Å². The van der Waals surface area contributed by atoms with Gasteiger partial charge in [0, 0.05) is 35.0 Å². The van der Waals surface area contributed by atoms with E-state index in [0.29, 0.717) is 11.5 Å². The monoisotopic (exact) mass is 822 g/mol. The van der Waals surface area contributed by atoms with Crippen molar-refractivity contribution >= 4 is 49.3 Å². The minimum atomic E-state index is 0. The summed E-state index contributed by atoms with van der Waals surface area (Å²) in [6, 6.07) is 54.2. The van der Waals surface area contributed by atoms with Crippen LogP contribution in [0.1, 0.15) is 0 Å². The van der Waals surface area contributed by atoms with Gasteiger partial charge in [0.25, 0.3) is 0 Å². The van der Waals surface area contributed by atoms with Crippen LogP contribution in [0.2, 0.25) is 0 Å². The molecule has 5 heterocycles. The summed E-state index contributed by atoms with van der Waals surface area (Å²) in [5.74, 6) is 1.98. The number of para-hydroxylation sites is 1. The maximum absolute atomic E-state index is 6.51. The maximum atomic E-state index is 6.51. The number of pyridine rings is 3. The van der Waals surface area contributed by atoms with Crippen LogP contribution in [0.4, 0.5) is 0 Å². The van der Waals surface area contributed by atoms with E-state index >= 15 is 0 Å². The number of ether oxygens (including phenoxy) is 1. The van der Waals surface area contributed by atoms with Crippen LogP contribution in [-0.2, 0) is 21.1 Å². The van der Waals surface area contributed by atoms with Crippen LogP contribution in [0.15, 0.2) is 152 Å². The molecule has 10 rings (SSSR count). The SMILES string of the molecule is [Pt+2].[c-]1c(Oc2[c-]c3c(cc2)c2ccccc2n3-c2ccccn2)ccc2c1c1ncc(-c3ccccc3)n1c1nc(-c3ccccc3)ccc21. The normalized spacial score (nSPS) is 11.4. The van der Waals surface area contributed by atoms with Gasteiger partial charge in [0.15, 0.2) is 0 Å². The van der Waals surface area contributed by atoms with Crippen LogP contribution in [-0.4, -0.2) is 23.9 Å². The third-order valence-electron chi connectivity index (χ3n) is 9.08. The molecule has 0 saturated heterocycles. The molecule has 0 aliphatic rings. The van der Waals surface area contributed by atoms with Crippen molar-refractivity contribution < 1.29 is 25.8 Å². The van der Waals surface area contributed by atoms with E-state index in [-0.39, 0.29) is 21.1 Å². The zero-order chi connectivity index (χ0) is 32.3. The van der Waals surface area contributed by atoms with Gasteiger partial charge >= 0.3 is 21.1 Å². The summed E-state index contributed by atoms with van der Waals surface area (Å²) in [5.41, 5.74) is 7.54. The van der Waals surface area contributed by atoms with Crippen molar-refractivity contribution in [3.8, 4) is 39.8 Å². The van der Waals surface area contributed by atoms with Crippen LogP contribution in [0.3, 0.4) is 0 Å². The number of hydrogen-bond acceptors (Lipinski definition) is 4.